The normalized spacial score (nSPS) is 10.2. The van der Waals surface area contributed by atoms with E-state index in [1.807, 2.05) is 42.3 Å². The average molecular weight is 276 g/mol. The van der Waals surface area contributed by atoms with Gasteiger partial charge >= 0.3 is 5.97 Å². The summed E-state index contributed by atoms with van der Waals surface area (Å²) < 4.78 is 0. The molecule has 0 spiro atoms. The van der Waals surface area contributed by atoms with Gasteiger partial charge in [0.05, 0.1) is 11.3 Å². The van der Waals surface area contributed by atoms with Gasteiger partial charge in [-0.05, 0) is 29.8 Å². The Bertz CT molecular complexity index is 581. The molecule has 0 unspecified atom stereocenters. The second-order valence-electron chi connectivity index (χ2n) is 4.30. The van der Waals surface area contributed by atoms with E-state index in [0.29, 0.717) is 22.8 Å². The van der Waals surface area contributed by atoms with Crippen LogP contribution < -0.4 is 4.90 Å². The molecule has 0 aliphatic heterocycles. The highest BCUT2D eigenvalue weighted by Gasteiger charge is 2.12. The largest absolute Gasteiger partial charge is 0.478 e. The third-order valence-corrected chi connectivity index (χ3v) is 3.13. The van der Waals surface area contributed by atoms with E-state index in [1.165, 1.54) is 0 Å². The van der Waals surface area contributed by atoms with Crippen molar-refractivity contribution < 1.29 is 9.90 Å². The summed E-state index contributed by atoms with van der Waals surface area (Å²) in [6.45, 7) is 0.626. The van der Waals surface area contributed by atoms with Crippen LogP contribution >= 0.6 is 11.6 Å². The van der Waals surface area contributed by atoms with Crippen LogP contribution in [0, 0.1) is 0 Å². The lowest BCUT2D eigenvalue weighted by Crippen LogP contribution is -2.19. The van der Waals surface area contributed by atoms with Crippen LogP contribution in [-0.4, -0.2) is 18.1 Å². The van der Waals surface area contributed by atoms with Crippen molar-refractivity contribution in [2.45, 2.75) is 6.54 Å². The quantitative estimate of drug-likeness (QED) is 0.925. The number of rotatable bonds is 4. The molecule has 2 rings (SSSR count). The molecule has 19 heavy (non-hydrogen) atoms. The van der Waals surface area contributed by atoms with Crippen LogP contribution in [0.5, 0.6) is 0 Å². The van der Waals surface area contributed by atoms with Crippen LogP contribution in [-0.2, 0) is 6.54 Å². The van der Waals surface area contributed by atoms with Crippen LogP contribution in [0.15, 0.2) is 48.5 Å². The Morgan fingerprint density at radius 1 is 1.16 bits per heavy atom. The standard InChI is InChI=1S/C15H14ClNO2/c1-17(10-11-6-8-12(16)9-7-11)14-5-3-2-4-13(14)15(18)19/h2-9H,10H2,1H3,(H,18,19). The van der Waals surface area contributed by atoms with E-state index < -0.39 is 5.97 Å². The molecule has 0 saturated carbocycles. The van der Waals surface area contributed by atoms with Crippen LogP contribution in [0.3, 0.4) is 0 Å². The van der Waals surface area contributed by atoms with Gasteiger partial charge in [0.25, 0.3) is 0 Å². The summed E-state index contributed by atoms with van der Waals surface area (Å²) in [5, 5.41) is 9.86. The van der Waals surface area contributed by atoms with Gasteiger partial charge in [0, 0.05) is 18.6 Å². The summed E-state index contributed by atoms with van der Waals surface area (Å²) in [5.74, 6) is -0.918. The second kappa shape index (κ2) is 5.76. The van der Waals surface area contributed by atoms with Crippen molar-refractivity contribution >= 4 is 23.3 Å². The van der Waals surface area contributed by atoms with Gasteiger partial charge in [-0.2, -0.15) is 0 Å². The smallest absolute Gasteiger partial charge is 0.337 e. The molecule has 0 saturated heterocycles. The van der Waals surface area contributed by atoms with Gasteiger partial charge in [0.1, 0.15) is 0 Å². The highest BCUT2D eigenvalue weighted by atomic mass is 35.5. The van der Waals surface area contributed by atoms with E-state index in [4.69, 9.17) is 11.6 Å². The van der Waals surface area contributed by atoms with E-state index in [0.717, 1.165) is 5.56 Å². The molecular formula is C15H14ClNO2. The molecule has 0 bridgehead atoms. The first-order valence-corrected chi connectivity index (χ1v) is 6.23. The van der Waals surface area contributed by atoms with Gasteiger partial charge in [0.15, 0.2) is 0 Å². The Morgan fingerprint density at radius 3 is 2.42 bits per heavy atom. The van der Waals surface area contributed by atoms with Gasteiger partial charge in [-0.3, -0.25) is 0 Å². The fraction of sp³-hybridized carbons (Fsp3) is 0.133. The number of nitrogens with zero attached hydrogens (tertiary/aromatic N) is 1. The fourth-order valence-electron chi connectivity index (χ4n) is 1.94. The number of carboxylic acids is 1. The number of anilines is 1. The zero-order valence-corrected chi connectivity index (χ0v) is 11.3. The van der Waals surface area contributed by atoms with Crippen LogP contribution in [0.4, 0.5) is 5.69 Å². The van der Waals surface area contributed by atoms with Crippen molar-refractivity contribution in [1.82, 2.24) is 0 Å². The molecule has 0 fully saturated rings. The van der Waals surface area contributed by atoms with Crippen molar-refractivity contribution in [1.29, 1.82) is 0 Å². The molecule has 0 radical (unpaired) electrons. The zero-order chi connectivity index (χ0) is 13.8. The Hall–Kier alpha value is -2.00. The van der Waals surface area contributed by atoms with Gasteiger partial charge < -0.3 is 10.0 Å². The van der Waals surface area contributed by atoms with Gasteiger partial charge in [-0.1, -0.05) is 35.9 Å². The van der Waals surface area contributed by atoms with Crippen molar-refractivity contribution in [3.05, 3.63) is 64.7 Å². The van der Waals surface area contributed by atoms with Crippen molar-refractivity contribution in [3.8, 4) is 0 Å². The van der Waals surface area contributed by atoms with E-state index in [9.17, 15) is 9.90 Å². The predicted molar refractivity (Wildman–Crippen MR) is 77.0 cm³/mol. The Balaban J connectivity index is 2.22. The maximum atomic E-state index is 11.2. The molecule has 0 amide bonds. The monoisotopic (exact) mass is 275 g/mol. The average Bonchev–Trinajstić information content (AvgIpc) is 2.41. The highest BCUT2D eigenvalue weighted by Crippen LogP contribution is 2.21. The van der Waals surface area contributed by atoms with Crippen molar-refractivity contribution in [3.63, 3.8) is 0 Å². The van der Waals surface area contributed by atoms with Crippen molar-refractivity contribution in [2.24, 2.45) is 0 Å². The summed E-state index contributed by atoms with van der Waals surface area (Å²) in [6, 6.07) is 14.5. The predicted octanol–water partition coefficient (Wildman–Crippen LogP) is 3.67. The zero-order valence-electron chi connectivity index (χ0n) is 10.5. The van der Waals surface area contributed by atoms with Gasteiger partial charge in [0.2, 0.25) is 0 Å². The number of para-hydroxylation sites is 1. The number of halogens is 1. The molecule has 4 heteroatoms. The first-order chi connectivity index (χ1) is 9.08. The highest BCUT2D eigenvalue weighted by molar-refractivity contribution is 6.30. The molecular weight excluding hydrogens is 262 g/mol. The number of carboxylic acid groups (broad SMARTS) is 1. The first kappa shape index (κ1) is 13.4. The first-order valence-electron chi connectivity index (χ1n) is 5.86. The molecule has 0 aromatic heterocycles. The Kier molecular flexibility index (Phi) is 4.07. The molecule has 1 N–H and O–H groups in total. The minimum absolute atomic E-state index is 0.305. The second-order valence-corrected chi connectivity index (χ2v) is 4.74. The molecule has 2 aromatic carbocycles. The number of carbonyl (C=O) groups is 1. The summed E-state index contributed by atoms with van der Waals surface area (Å²) in [5.41, 5.74) is 2.08. The molecule has 98 valence electrons. The van der Waals surface area contributed by atoms with E-state index >= 15 is 0 Å². The van der Waals surface area contributed by atoms with Crippen LogP contribution in [0.25, 0.3) is 0 Å². The SMILES string of the molecule is CN(Cc1ccc(Cl)cc1)c1ccccc1C(=O)O. The van der Waals surface area contributed by atoms with Crippen LogP contribution in [0.1, 0.15) is 15.9 Å². The lowest BCUT2D eigenvalue weighted by Gasteiger charge is -2.21. The molecule has 0 aliphatic rings. The molecule has 0 heterocycles. The van der Waals surface area contributed by atoms with E-state index in [2.05, 4.69) is 0 Å². The number of aromatic carboxylic acids is 1. The summed E-state index contributed by atoms with van der Waals surface area (Å²) in [4.78, 5) is 13.1. The number of hydrogen-bond acceptors (Lipinski definition) is 2. The topological polar surface area (TPSA) is 40.5 Å². The maximum absolute atomic E-state index is 11.2. The number of hydrogen-bond donors (Lipinski definition) is 1. The van der Waals surface area contributed by atoms with Gasteiger partial charge in [-0.25, -0.2) is 4.79 Å². The molecule has 0 aliphatic carbocycles. The van der Waals surface area contributed by atoms with E-state index in [1.54, 1.807) is 18.2 Å². The minimum atomic E-state index is -0.918. The lowest BCUT2D eigenvalue weighted by molar-refractivity contribution is 0.0697. The maximum Gasteiger partial charge on any atom is 0.337 e. The van der Waals surface area contributed by atoms with E-state index in [-0.39, 0.29) is 0 Å². The third-order valence-electron chi connectivity index (χ3n) is 2.88. The Morgan fingerprint density at radius 2 is 1.79 bits per heavy atom. The fourth-order valence-corrected chi connectivity index (χ4v) is 2.06. The molecule has 2 aromatic rings. The summed E-state index contributed by atoms with van der Waals surface area (Å²) in [6.07, 6.45) is 0. The Labute approximate surface area is 117 Å². The number of benzene rings is 2. The van der Waals surface area contributed by atoms with Gasteiger partial charge in [-0.15, -0.1) is 0 Å². The lowest BCUT2D eigenvalue weighted by atomic mass is 10.1. The third kappa shape index (κ3) is 3.26. The summed E-state index contributed by atoms with van der Waals surface area (Å²) >= 11 is 5.84. The minimum Gasteiger partial charge on any atom is -0.478 e. The molecule has 0 atom stereocenters. The van der Waals surface area contributed by atoms with Crippen LogP contribution in [0.2, 0.25) is 5.02 Å². The molecule has 3 nitrogen and oxygen atoms in total. The van der Waals surface area contributed by atoms with Crippen molar-refractivity contribution in [2.75, 3.05) is 11.9 Å². The summed E-state index contributed by atoms with van der Waals surface area (Å²) in [7, 11) is 1.87.